The van der Waals surface area contributed by atoms with Crippen LogP contribution in [0.25, 0.3) is 11.0 Å². The molecule has 0 radical (unpaired) electrons. The number of nitrogens with one attached hydrogen (secondary N) is 1. The number of carbonyl (C=O) groups is 1. The van der Waals surface area contributed by atoms with Crippen molar-refractivity contribution in [2.45, 2.75) is 44.6 Å². The van der Waals surface area contributed by atoms with Crippen molar-refractivity contribution in [3.05, 3.63) is 83.7 Å². The zero-order chi connectivity index (χ0) is 26.6. The number of nitrogens with zero attached hydrogens (tertiary/aromatic N) is 4. The number of H-pyrrole nitrogens is 1. The Morgan fingerprint density at radius 1 is 1.05 bits per heavy atom. The summed E-state index contributed by atoms with van der Waals surface area (Å²) in [7, 11) is -2.30. The lowest BCUT2D eigenvalue weighted by molar-refractivity contribution is 0.0409. The number of carbonyl (C=O) groups excluding carboxylic acids is 1. The molecule has 0 aliphatic carbocycles. The number of benzene rings is 1. The quantitative estimate of drug-likeness (QED) is 0.312. The van der Waals surface area contributed by atoms with Crippen LogP contribution in [0.1, 0.15) is 47.8 Å². The molecule has 0 bridgehead atoms. The molecule has 37 heavy (non-hydrogen) atoms. The molecule has 3 heterocycles. The van der Waals surface area contributed by atoms with Crippen LogP contribution in [-0.2, 0) is 21.2 Å². The number of sulfonamides is 1. The third-order valence-corrected chi connectivity index (χ3v) is 8.03. The highest BCUT2D eigenvalue weighted by Gasteiger charge is 2.30. The molecule has 1 atom stereocenters. The smallest absolute Gasteiger partial charge is 0.356 e. The van der Waals surface area contributed by atoms with Crippen LogP contribution in [0.15, 0.2) is 65.8 Å². The van der Waals surface area contributed by atoms with E-state index in [1.165, 1.54) is 17.5 Å². The molecule has 9 nitrogen and oxygen atoms in total. The Morgan fingerprint density at radius 2 is 1.81 bits per heavy atom. The first kappa shape index (κ1) is 26.4. The molecule has 0 fully saturated rings. The average Bonchev–Trinajstić information content (AvgIpc) is 3.28. The first-order chi connectivity index (χ1) is 17.6. The van der Waals surface area contributed by atoms with E-state index in [4.69, 9.17) is 4.74 Å². The van der Waals surface area contributed by atoms with Gasteiger partial charge in [-0.3, -0.25) is 4.98 Å². The maximum absolute atomic E-state index is 13.5. The largest absolute Gasteiger partial charge is 0.459 e. The van der Waals surface area contributed by atoms with Crippen LogP contribution in [0, 0.1) is 12.8 Å². The third kappa shape index (κ3) is 6.20. The first-order valence-corrected chi connectivity index (χ1v) is 13.5. The summed E-state index contributed by atoms with van der Waals surface area (Å²) >= 11 is 0. The second kappa shape index (κ2) is 11.2. The van der Waals surface area contributed by atoms with Crippen LogP contribution < -0.4 is 0 Å². The lowest BCUT2D eigenvalue weighted by atomic mass is 10.0. The monoisotopic (exact) mass is 521 g/mol. The minimum Gasteiger partial charge on any atom is -0.459 e. The highest BCUT2D eigenvalue weighted by molar-refractivity contribution is 7.89. The molecule has 0 aliphatic rings. The Labute approximate surface area is 217 Å². The minimum atomic E-state index is -3.82. The summed E-state index contributed by atoms with van der Waals surface area (Å²) in [6.45, 7) is 5.82. The molecule has 0 spiro atoms. The molecule has 3 aromatic heterocycles. The van der Waals surface area contributed by atoms with E-state index in [-0.39, 0.29) is 23.1 Å². The number of imidazole rings is 1. The first-order valence-electron chi connectivity index (χ1n) is 12.1. The number of esters is 1. The molecule has 0 aliphatic heterocycles. The summed E-state index contributed by atoms with van der Waals surface area (Å²) in [4.78, 5) is 28.7. The topological polar surface area (TPSA) is 118 Å². The number of aromatic amines is 1. The van der Waals surface area contributed by atoms with Crippen molar-refractivity contribution in [3.8, 4) is 0 Å². The summed E-state index contributed by atoms with van der Waals surface area (Å²) < 4.78 is 33.7. The van der Waals surface area contributed by atoms with Crippen LogP contribution in [0.3, 0.4) is 0 Å². The van der Waals surface area contributed by atoms with Crippen LogP contribution in [-0.4, -0.2) is 58.3 Å². The molecule has 4 rings (SSSR count). The fourth-order valence-corrected chi connectivity index (χ4v) is 5.52. The molecule has 0 saturated carbocycles. The van der Waals surface area contributed by atoms with Gasteiger partial charge in [0, 0.05) is 25.9 Å². The fraction of sp³-hybridized carbons (Fsp3) is 0.333. The number of rotatable bonds is 10. The predicted octanol–water partition coefficient (Wildman–Crippen LogP) is 4.14. The van der Waals surface area contributed by atoms with Gasteiger partial charge in [0.25, 0.3) is 0 Å². The van der Waals surface area contributed by atoms with Crippen LogP contribution in [0.5, 0.6) is 0 Å². The number of hydrogen-bond acceptors (Lipinski definition) is 7. The van der Waals surface area contributed by atoms with Gasteiger partial charge in [0.05, 0.1) is 22.1 Å². The fourth-order valence-electron chi connectivity index (χ4n) is 4.17. The number of pyridine rings is 2. The number of likely N-dealkylation sites (N-methyl/N-ethyl adjacent to an activating group) is 1. The Kier molecular flexibility index (Phi) is 7.99. The summed E-state index contributed by atoms with van der Waals surface area (Å²) in [5.41, 5.74) is 3.66. The van der Waals surface area contributed by atoms with Crippen molar-refractivity contribution in [2.24, 2.45) is 5.92 Å². The number of aryl methyl sites for hydroxylation is 1. The van der Waals surface area contributed by atoms with Crippen molar-refractivity contribution >= 4 is 27.0 Å². The lowest BCUT2D eigenvalue weighted by Crippen LogP contribution is -2.41. The van der Waals surface area contributed by atoms with Gasteiger partial charge in [0.1, 0.15) is 23.6 Å². The number of hydrogen-bond donors (Lipinski definition) is 1. The van der Waals surface area contributed by atoms with Crippen LogP contribution >= 0.6 is 0 Å². The summed E-state index contributed by atoms with van der Waals surface area (Å²) in [6.07, 6.45) is 4.30. The van der Waals surface area contributed by atoms with Crippen molar-refractivity contribution in [3.63, 3.8) is 0 Å². The number of aromatic nitrogens is 4. The van der Waals surface area contributed by atoms with Gasteiger partial charge in [0.15, 0.2) is 0 Å². The Balaban J connectivity index is 1.49. The molecule has 10 heteroatoms. The summed E-state index contributed by atoms with van der Waals surface area (Å²) in [5, 5.41) is 0. The SMILES string of the molecule is Cc1nc2c(Cc3ccc(S(=O)(=O)N(C)[C@H](COC(=O)c4ccccn4)CC(C)C)cc3)nccc2[nH]1. The van der Waals surface area contributed by atoms with Crippen LogP contribution in [0.4, 0.5) is 0 Å². The average molecular weight is 522 g/mol. The maximum Gasteiger partial charge on any atom is 0.356 e. The lowest BCUT2D eigenvalue weighted by Gasteiger charge is -2.28. The number of fused-ring (bicyclic) bond motifs is 1. The zero-order valence-electron chi connectivity index (χ0n) is 21.4. The zero-order valence-corrected chi connectivity index (χ0v) is 22.2. The van der Waals surface area contributed by atoms with Gasteiger partial charge in [-0.25, -0.2) is 23.2 Å². The van der Waals surface area contributed by atoms with Gasteiger partial charge < -0.3 is 9.72 Å². The third-order valence-electron chi connectivity index (χ3n) is 6.11. The molecule has 0 saturated heterocycles. The molecule has 194 valence electrons. The van der Waals surface area contributed by atoms with Gasteiger partial charge in [-0.1, -0.05) is 32.0 Å². The van der Waals surface area contributed by atoms with Crippen molar-refractivity contribution < 1.29 is 17.9 Å². The van der Waals surface area contributed by atoms with Crippen LogP contribution in [0.2, 0.25) is 0 Å². The van der Waals surface area contributed by atoms with Gasteiger partial charge in [-0.2, -0.15) is 4.31 Å². The van der Waals surface area contributed by atoms with Crippen molar-refractivity contribution in [2.75, 3.05) is 13.7 Å². The molecule has 1 N–H and O–H groups in total. The van der Waals surface area contributed by atoms with E-state index >= 15 is 0 Å². The molecule has 4 aromatic rings. The molecule has 1 aromatic carbocycles. The Bertz CT molecular complexity index is 1470. The van der Waals surface area contributed by atoms with E-state index < -0.39 is 22.0 Å². The summed E-state index contributed by atoms with van der Waals surface area (Å²) in [5.74, 6) is 0.426. The molecule has 0 unspecified atom stereocenters. The van der Waals surface area contributed by atoms with E-state index in [0.717, 1.165) is 28.1 Å². The molecule has 0 amide bonds. The second-order valence-corrected chi connectivity index (χ2v) is 11.4. The van der Waals surface area contributed by atoms with E-state index in [0.29, 0.717) is 12.8 Å². The normalized spacial score (nSPS) is 12.8. The van der Waals surface area contributed by atoms with Gasteiger partial charge in [-0.15, -0.1) is 0 Å². The van der Waals surface area contributed by atoms with E-state index in [2.05, 4.69) is 19.9 Å². The Hall–Kier alpha value is -3.63. The standard InChI is InChI=1S/C27H31N5O4S/c1-18(2)15-21(17-36-27(33)24-7-5-6-13-28-24)32(4)37(34,35)22-10-8-20(9-11-22)16-25-26-23(12-14-29-25)30-19(3)31-26/h5-14,18,21H,15-17H2,1-4H3,(H,30,31)/t21-/m0/s1. The molecular weight excluding hydrogens is 490 g/mol. The van der Waals surface area contributed by atoms with E-state index in [9.17, 15) is 13.2 Å². The van der Waals surface area contributed by atoms with Crippen molar-refractivity contribution in [1.29, 1.82) is 0 Å². The second-order valence-electron chi connectivity index (χ2n) is 9.41. The Morgan fingerprint density at radius 3 is 2.49 bits per heavy atom. The maximum atomic E-state index is 13.5. The molecular formula is C27H31N5O4S. The van der Waals surface area contributed by atoms with E-state index in [1.54, 1.807) is 48.7 Å². The summed E-state index contributed by atoms with van der Waals surface area (Å²) in [6, 6.07) is 13.1. The predicted molar refractivity (Wildman–Crippen MR) is 141 cm³/mol. The van der Waals surface area contributed by atoms with Gasteiger partial charge >= 0.3 is 5.97 Å². The minimum absolute atomic E-state index is 0.0693. The van der Waals surface area contributed by atoms with Crippen molar-refractivity contribution in [1.82, 2.24) is 24.2 Å². The van der Waals surface area contributed by atoms with Gasteiger partial charge in [-0.05, 0) is 55.2 Å². The highest BCUT2D eigenvalue weighted by Crippen LogP contribution is 2.23. The van der Waals surface area contributed by atoms with E-state index in [1.807, 2.05) is 26.8 Å². The number of ether oxygens (including phenoxy) is 1. The van der Waals surface area contributed by atoms with Gasteiger partial charge in [0.2, 0.25) is 10.0 Å². The highest BCUT2D eigenvalue weighted by atomic mass is 32.2.